The zero-order chi connectivity index (χ0) is 15.0. The fourth-order valence-electron chi connectivity index (χ4n) is 3.17. The van der Waals surface area contributed by atoms with Gasteiger partial charge in [0, 0.05) is 37.3 Å². The van der Waals surface area contributed by atoms with Crippen LogP contribution in [0, 0.1) is 0 Å². The number of carbonyl (C=O) groups is 1. The molecule has 0 aliphatic carbocycles. The van der Waals surface area contributed by atoms with E-state index in [1.807, 2.05) is 25.7 Å². The lowest BCUT2D eigenvalue weighted by Crippen LogP contribution is -2.70. The van der Waals surface area contributed by atoms with Gasteiger partial charge in [-0.2, -0.15) is 0 Å². The summed E-state index contributed by atoms with van der Waals surface area (Å²) in [5.41, 5.74) is -0.175. The fraction of sp³-hybridized carbons (Fsp3) is 0.933. The van der Waals surface area contributed by atoms with E-state index < -0.39 is 5.60 Å². The second-order valence-corrected chi connectivity index (χ2v) is 7.86. The summed E-state index contributed by atoms with van der Waals surface area (Å²) in [7, 11) is 0. The van der Waals surface area contributed by atoms with Gasteiger partial charge in [-0.15, -0.1) is 0 Å². The number of piperazine rings is 1. The first-order chi connectivity index (χ1) is 9.11. The van der Waals surface area contributed by atoms with Gasteiger partial charge in [-0.05, 0) is 47.5 Å². The molecule has 20 heavy (non-hydrogen) atoms. The number of nitrogens with one attached hydrogen (secondary N) is 2. The Morgan fingerprint density at radius 2 is 1.75 bits per heavy atom. The molecule has 0 atom stereocenters. The normalized spacial score (nSPS) is 25.6. The predicted octanol–water partition coefficient (Wildman–Crippen LogP) is 1.73. The molecule has 0 aromatic heterocycles. The molecule has 1 amide bonds. The minimum atomic E-state index is -0.418. The fourth-order valence-corrected chi connectivity index (χ4v) is 3.17. The van der Waals surface area contributed by atoms with E-state index in [0.29, 0.717) is 0 Å². The van der Waals surface area contributed by atoms with Crippen LogP contribution in [-0.4, -0.2) is 53.9 Å². The lowest BCUT2D eigenvalue weighted by Gasteiger charge is -2.50. The highest BCUT2D eigenvalue weighted by Gasteiger charge is 2.42. The van der Waals surface area contributed by atoms with Crippen molar-refractivity contribution in [1.29, 1.82) is 0 Å². The first-order valence-electron chi connectivity index (χ1n) is 7.59. The van der Waals surface area contributed by atoms with E-state index in [0.717, 1.165) is 39.0 Å². The number of amides is 1. The van der Waals surface area contributed by atoms with Crippen molar-refractivity contribution in [2.45, 2.75) is 64.1 Å². The number of likely N-dealkylation sites (tertiary alicyclic amines) is 1. The number of rotatable bonds is 0. The number of ether oxygens (including phenoxy) is 1. The van der Waals surface area contributed by atoms with Gasteiger partial charge in [-0.25, -0.2) is 4.79 Å². The van der Waals surface area contributed by atoms with Gasteiger partial charge < -0.3 is 20.3 Å². The molecule has 2 saturated heterocycles. The molecular formula is C15H29N3O2. The summed E-state index contributed by atoms with van der Waals surface area (Å²) in [5, 5.41) is 7.30. The molecule has 0 aromatic carbocycles. The Hall–Kier alpha value is -0.810. The van der Waals surface area contributed by atoms with Crippen LogP contribution >= 0.6 is 0 Å². The van der Waals surface area contributed by atoms with Crippen molar-refractivity contribution >= 4 is 6.09 Å². The third-order valence-corrected chi connectivity index (χ3v) is 4.01. The topological polar surface area (TPSA) is 53.6 Å². The summed E-state index contributed by atoms with van der Waals surface area (Å²) in [5.74, 6) is 0. The highest BCUT2D eigenvalue weighted by Crippen LogP contribution is 2.27. The molecule has 0 unspecified atom stereocenters. The van der Waals surface area contributed by atoms with Crippen LogP contribution in [0.25, 0.3) is 0 Å². The molecule has 0 radical (unpaired) electrons. The quantitative estimate of drug-likeness (QED) is 0.711. The third-order valence-electron chi connectivity index (χ3n) is 4.01. The number of hydrogen-bond donors (Lipinski definition) is 2. The van der Waals surface area contributed by atoms with E-state index in [-0.39, 0.29) is 17.2 Å². The van der Waals surface area contributed by atoms with E-state index >= 15 is 0 Å². The minimum absolute atomic E-state index is 0.117. The molecule has 0 bridgehead atoms. The minimum Gasteiger partial charge on any atom is -0.444 e. The molecule has 2 heterocycles. The van der Waals surface area contributed by atoms with Crippen molar-refractivity contribution in [3.63, 3.8) is 0 Å². The molecule has 2 fully saturated rings. The summed E-state index contributed by atoms with van der Waals surface area (Å²) in [6.45, 7) is 13.7. The molecule has 116 valence electrons. The maximum absolute atomic E-state index is 12.1. The Morgan fingerprint density at radius 1 is 1.15 bits per heavy atom. The molecule has 1 spiro atoms. The average Bonchev–Trinajstić information content (AvgIpc) is 2.25. The highest BCUT2D eigenvalue weighted by atomic mass is 16.6. The largest absolute Gasteiger partial charge is 0.444 e. The molecule has 5 heteroatoms. The summed E-state index contributed by atoms with van der Waals surface area (Å²) in [4.78, 5) is 13.9. The Kier molecular flexibility index (Phi) is 4.04. The van der Waals surface area contributed by atoms with Crippen LogP contribution in [0.4, 0.5) is 4.79 Å². The SMILES string of the molecule is CC1(C)CNCC2(CCN(C(=O)OC(C)(C)C)CC2)N1. The summed E-state index contributed by atoms with van der Waals surface area (Å²) < 4.78 is 5.44. The van der Waals surface area contributed by atoms with Crippen LogP contribution in [0.3, 0.4) is 0 Å². The van der Waals surface area contributed by atoms with Crippen LogP contribution in [0.15, 0.2) is 0 Å². The smallest absolute Gasteiger partial charge is 0.410 e. The molecular weight excluding hydrogens is 254 g/mol. The van der Waals surface area contributed by atoms with Crippen LogP contribution < -0.4 is 10.6 Å². The number of piperidine rings is 1. The van der Waals surface area contributed by atoms with E-state index in [4.69, 9.17) is 4.74 Å². The van der Waals surface area contributed by atoms with Gasteiger partial charge in [-0.3, -0.25) is 0 Å². The maximum atomic E-state index is 12.1. The second-order valence-electron chi connectivity index (χ2n) is 7.86. The summed E-state index contributed by atoms with van der Waals surface area (Å²) >= 11 is 0. The van der Waals surface area contributed by atoms with Crippen LogP contribution in [0.1, 0.15) is 47.5 Å². The second kappa shape index (κ2) is 5.19. The van der Waals surface area contributed by atoms with Gasteiger partial charge in [0.1, 0.15) is 5.60 Å². The predicted molar refractivity (Wildman–Crippen MR) is 79.9 cm³/mol. The third kappa shape index (κ3) is 3.85. The number of hydrogen-bond acceptors (Lipinski definition) is 4. The van der Waals surface area contributed by atoms with Gasteiger partial charge in [-0.1, -0.05) is 0 Å². The van der Waals surface area contributed by atoms with Crippen molar-refractivity contribution in [1.82, 2.24) is 15.5 Å². The van der Waals surface area contributed by atoms with E-state index in [9.17, 15) is 4.79 Å². The standard InChI is InChI=1S/C15H29N3O2/c1-13(2,3)20-12(19)18-8-6-15(7-9-18)11-16-10-14(4,5)17-15/h16-17H,6-11H2,1-5H3. The summed E-state index contributed by atoms with van der Waals surface area (Å²) in [6, 6.07) is 0. The zero-order valence-electron chi connectivity index (χ0n) is 13.5. The molecule has 2 rings (SSSR count). The van der Waals surface area contributed by atoms with E-state index in [2.05, 4.69) is 24.5 Å². The Bertz CT molecular complexity index is 366. The van der Waals surface area contributed by atoms with Crippen molar-refractivity contribution < 1.29 is 9.53 Å². The van der Waals surface area contributed by atoms with Crippen LogP contribution in [0.5, 0.6) is 0 Å². The molecule has 2 N–H and O–H groups in total. The monoisotopic (exact) mass is 283 g/mol. The van der Waals surface area contributed by atoms with Crippen molar-refractivity contribution in [2.24, 2.45) is 0 Å². The lowest BCUT2D eigenvalue weighted by atomic mass is 9.82. The Morgan fingerprint density at radius 3 is 2.25 bits per heavy atom. The van der Waals surface area contributed by atoms with Gasteiger partial charge >= 0.3 is 6.09 Å². The molecule has 0 aromatic rings. The first-order valence-corrected chi connectivity index (χ1v) is 7.59. The number of nitrogens with zero attached hydrogens (tertiary/aromatic N) is 1. The molecule has 0 saturated carbocycles. The van der Waals surface area contributed by atoms with E-state index in [1.54, 1.807) is 0 Å². The first kappa shape index (κ1) is 15.6. The van der Waals surface area contributed by atoms with E-state index in [1.165, 1.54) is 0 Å². The average molecular weight is 283 g/mol. The van der Waals surface area contributed by atoms with Crippen molar-refractivity contribution in [3.05, 3.63) is 0 Å². The Labute approximate surface area is 122 Å². The molecule has 2 aliphatic heterocycles. The Balaban J connectivity index is 1.90. The van der Waals surface area contributed by atoms with Gasteiger partial charge in [0.05, 0.1) is 0 Å². The van der Waals surface area contributed by atoms with Crippen molar-refractivity contribution in [2.75, 3.05) is 26.2 Å². The molecule has 2 aliphatic rings. The van der Waals surface area contributed by atoms with Crippen LogP contribution in [0.2, 0.25) is 0 Å². The number of carbonyl (C=O) groups excluding carboxylic acids is 1. The highest BCUT2D eigenvalue weighted by molar-refractivity contribution is 5.68. The van der Waals surface area contributed by atoms with Gasteiger partial charge in [0.2, 0.25) is 0 Å². The van der Waals surface area contributed by atoms with Gasteiger partial charge in [0.25, 0.3) is 0 Å². The molecule has 5 nitrogen and oxygen atoms in total. The van der Waals surface area contributed by atoms with Crippen molar-refractivity contribution in [3.8, 4) is 0 Å². The van der Waals surface area contributed by atoms with Crippen LogP contribution in [-0.2, 0) is 4.74 Å². The lowest BCUT2D eigenvalue weighted by molar-refractivity contribution is 0.0101. The summed E-state index contributed by atoms with van der Waals surface area (Å²) in [6.07, 6.45) is 1.76. The maximum Gasteiger partial charge on any atom is 0.410 e. The van der Waals surface area contributed by atoms with Gasteiger partial charge in [0.15, 0.2) is 0 Å². The zero-order valence-corrected chi connectivity index (χ0v) is 13.5.